The Hall–Kier alpha value is -2.32. The molecule has 1 atom stereocenters. The van der Waals surface area contributed by atoms with E-state index in [9.17, 15) is 9.90 Å². The molecule has 2 heterocycles. The van der Waals surface area contributed by atoms with Gasteiger partial charge in [-0.05, 0) is 12.1 Å². The summed E-state index contributed by atoms with van der Waals surface area (Å²) < 4.78 is 5.46. The van der Waals surface area contributed by atoms with Crippen LogP contribution in [0.25, 0.3) is 11.0 Å². The first-order valence-electron chi connectivity index (χ1n) is 6.07. The molecule has 1 amide bonds. The standard InChI is InChI=1S/C14H12N2O3/c15-6-12-14(10-3-1-2-4-11(10)19-12)16-7-9(8-17)5-13(16)18/h1-4,9,17H,5,7-8H2. The fraction of sp³-hybridized carbons (Fsp3) is 0.286. The zero-order valence-corrected chi connectivity index (χ0v) is 10.2. The molecule has 0 spiro atoms. The van der Waals surface area contributed by atoms with Gasteiger partial charge in [-0.3, -0.25) is 4.79 Å². The van der Waals surface area contributed by atoms with Gasteiger partial charge in [-0.1, -0.05) is 12.1 Å². The molecule has 0 radical (unpaired) electrons. The van der Waals surface area contributed by atoms with Crippen molar-refractivity contribution in [3.63, 3.8) is 0 Å². The number of carbonyl (C=O) groups is 1. The predicted molar refractivity (Wildman–Crippen MR) is 68.5 cm³/mol. The van der Waals surface area contributed by atoms with Gasteiger partial charge in [0.15, 0.2) is 0 Å². The number of nitriles is 1. The molecule has 19 heavy (non-hydrogen) atoms. The van der Waals surface area contributed by atoms with Crippen LogP contribution in [0.3, 0.4) is 0 Å². The second-order valence-corrected chi connectivity index (χ2v) is 4.64. The lowest BCUT2D eigenvalue weighted by Crippen LogP contribution is -2.25. The molecule has 1 aliphatic heterocycles. The summed E-state index contributed by atoms with van der Waals surface area (Å²) >= 11 is 0. The fourth-order valence-electron chi connectivity index (χ4n) is 2.50. The van der Waals surface area contributed by atoms with Crippen LogP contribution in [0, 0.1) is 17.2 Å². The Morgan fingerprint density at radius 3 is 2.95 bits per heavy atom. The minimum Gasteiger partial charge on any atom is -0.443 e. The summed E-state index contributed by atoms with van der Waals surface area (Å²) in [7, 11) is 0. The lowest BCUT2D eigenvalue weighted by molar-refractivity contribution is -0.117. The highest BCUT2D eigenvalue weighted by Crippen LogP contribution is 2.36. The van der Waals surface area contributed by atoms with Crippen LogP contribution in [0.2, 0.25) is 0 Å². The monoisotopic (exact) mass is 256 g/mol. The Morgan fingerprint density at radius 1 is 1.47 bits per heavy atom. The maximum absolute atomic E-state index is 12.0. The van der Waals surface area contributed by atoms with E-state index >= 15 is 0 Å². The van der Waals surface area contributed by atoms with Crippen LogP contribution in [-0.2, 0) is 4.79 Å². The van der Waals surface area contributed by atoms with Crippen molar-refractivity contribution in [1.29, 1.82) is 5.26 Å². The third kappa shape index (κ3) is 1.77. The number of fused-ring (bicyclic) bond motifs is 1. The molecule has 96 valence electrons. The van der Waals surface area contributed by atoms with Gasteiger partial charge < -0.3 is 14.4 Å². The van der Waals surface area contributed by atoms with Gasteiger partial charge in [0, 0.05) is 30.9 Å². The number of carbonyl (C=O) groups excluding carboxylic acids is 1. The number of anilines is 1. The highest BCUT2D eigenvalue weighted by Gasteiger charge is 2.34. The van der Waals surface area contributed by atoms with E-state index in [1.165, 1.54) is 0 Å². The Labute approximate surface area is 109 Å². The summed E-state index contributed by atoms with van der Waals surface area (Å²) in [6, 6.07) is 9.25. The normalized spacial score (nSPS) is 19.1. The van der Waals surface area contributed by atoms with E-state index in [1.807, 2.05) is 24.3 Å². The molecule has 1 aliphatic rings. The van der Waals surface area contributed by atoms with Gasteiger partial charge in [0.05, 0.1) is 0 Å². The highest BCUT2D eigenvalue weighted by molar-refractivity contribution is 6.05. The summed E-state index contributed by atoms with van der Waals surface area (Å²) in [6.07, 6.45) is 0.306. The number of amides is 1. The van der Waals surface area contributed by atoms with Crippen molar-refractivity contribution in [2.45, 2.75) is 6.42 Å². The maximum atomic E-state index is 12.0. The van der Waals surface area contributed by atoms with E-state index in [-0.39, 0.29) is 24.2 Å². The van der Waals surface area contributed by atoms with Gasteiger partial charge >= 0.3 is 0 Å². The summed E-state index contributed by atoms with van der Waals surface area (Å²) in [6.45, 7) is 0.396. The van der Waals surface area contributed by atoms with Crippen molar-refractivity contribution in [3.8, 4) is 6.07 Å². The maximum Gasteiger partial charge on any atom is 0.228 e. The van der Waals surface area contributed by atoms with Crippen molar-refractivity contribution in [1.82, 2.24) is 0 Å². The lowest BCUT2D eigenvalue weighted by atomic mass is 10.1. The highest BCUT2D eigenvalue weighted by atomic mass is 16.3. The summed E-state index contributed by atoms with van der Waals surface area (Å²) in [5, 5.41) is 19.1. The minimum atomic E-state index is -0.0814. The Balaban J connectivity index is 2.14. The van der Waals surface area contributed by atoms with Crippen LogP contribution in [0.4, 0.5) is 5.69 Å². The number of benzene rings is 1. The summed E-state index contributed by atoms with van der Waals surface area (Å²) in [5.41, 5.74) is 1.12. The smallest absolute Gasteiger partial charge is 0.228 e. The van der Waals surface area contributed by atoms with Crippen LogP contribution in [0.5, 0.6) is 0 Å². The van der Waals surface area contributed by atoms with Crippen molar-refractivity contribution in [2.24, 2.45) is 5.92 Å². The molecular formula is C14H12N2O3. The second-order valence-electron chi connectivity index (χ2n) is 4.64. The molecule has 1 unspecified atom stereocenters. The quantitative estimate of drug-likeness (QED) is 0.886. The number of hydrogen-bond donors (Lipinski definition) is 1. The van der Waals surface area contributed by atoms with Gasteiger partial charge in [-0.25, -0.2) is 0 Å². The topological polar surface area (TPSA) is 77.5 Å². The van der Waals surface area contributed by atoms with Crippen molar-refractivity contribution >= 4 is 22.6 Å². The zero-order valence-electron chi connectivity index (χ0n) is 10.2. The third-order valence-electron chi connectivity index (χ3n) is 3.40. The molecule has 2 aromatic rings. The number of rotatable bonds is 2. The number of para-hydroxylation sites is 1. The molecular weight excluding hydrogens is 244 g/mol. The molecule has 0 aliphatic carbocycles. The fourth-order valence-corrected chi connectivity index (χ4v) is 2.50. The average molecular weight is 256 g/mol. The van der Waals surface area contributed by atoms with Crippen LogP contribution in [-0.4, -0.2) is 24.2 Å². The van der Waals surface area contributed by atoms with E-state index in [1.54, 1.807) is 11.0 Å². The molecule has 1 fully saturated rings. The molecule has 1 aromatic carbocycles. The van der Waals surface area contributed by atoms with Crippen LogP contribution in [0.15, 0.2) is 28.7 Å². The van der Waals surface area contributed by atoms with E-state index < -0.39 is 0 Å². The van der Waals surface area contributed by atoms with Crippen molar-refractivity contribution in [2.75, 3.05) is 18.1 Å². The number of aliphatic hydroxyl groups is 1. The van der Waals surface area contributed by atoms with Gasteiger partial charge in [0.25, 0.3) is 0 Å². The summed E-state index contributed by atoms with van der Waals surface area (Å²) in [5.74, 6) is -0.0112. The molecule has 1 saturated heterocycles. The molecule has 3 rings (SSSR count). The van der Waals surface area contributed by atoms with E-state index in [2.05, 4.69) is 0 Å². The Kier molecular flexibility index (Phi) is 2.73. The van der Waals surface area contributed by atoms with Gasteiger partial charge in [-0.2, -0.15) is 5.26 Å². The first kappa shape index (κ1) is 11.8. The van der Waals surface area contributed by atoms with Crippen LogP contribution < -0.4 is 4.90 Å². The van der Waals surface area contributed by atoms with Crippen LogP contribution in [0.1, 0.15) is 12.2 Å². The third-order valence-corrected chi connectivity index (χ3v) is 3.40. The average Bonchev–Trinajstić information content (AvgIpc) is 2.98. The van der Waals surface area contributed by atoms with Crippen molar-refractivity contribution in [3.05, 3.63) is 30.0 Å². The lowest BCUT2D eigenvalue weighted by Gasteiger charge is -2.15. The summed E-state index contributed by atoms with van der Waals surface area (Å²) in [4.78, 5) is 13.6. The van der Waals surface area contributed by atoms with E-state index in [0.29, 0.717) is 24.2 Å². The van der Waals surface area contributed by atoms with Gasteiger partial charge in [-0.15, -0.1) is 0 Å². The van der Waals surface area contributed by atoms with Crippen LogP contribution >= 0.6 is 0 Å². The first-order chi connectivity index (χ1) is 9.24. The molecule has 5 nitrogen and oxygen atoms in total. The molecule has 0 saturated carbocycles. The minimum absolute atomic E-state index is 0.0279. The molecule has 1 N–H and O–H groups in total. The van der Waals surface area contributed by atoms with E-state index in [4.69, 9.17) is 9.68 Å². The number of furan rings is 1. The number of hydrogen-bond acceptors (Lipinski definition) is 4. The van der Waals surface area contributed by atoms with Crippen molar-refractivity contribution < 1.29 is 14.3 Å². The molecule has 1 aromatic heterocycles. The Morgan fingerprint density at radius 2 is 2.26 bits per heavy atom. The predicted octanol–water partition coefficient (Wildman–Crippen LogP) is 1.65. The number of nitrogens with zero attached hydrogens (tertiary/aromatic N) is 2. The number of aliphatic hydroxyl groups excluding tert-OH is 1. The zero-order chi connectivity index (χ0) is 13.4. The molecule has 5 heteroatoms. The van der Waals surface area contributed by atoms with Gasteiger partial charge in [0.1, 0.15) is 17.3 Å². The van der Waals surface area contributed by atoms with Gasteiger partial charge in [0.2, 0.25) is 11.7 Å². The Bertz CT molecular complexity index is 684. The van der Waals surface area contributed by atoms with E-state index in [0.717, 1.165) is 5.39 Å². The first-order valence-corrected chi connectivity index (χ1v) is 6.07. The second kappa shape index (κ2) is 4.41. The largest absolute Gasteiger partial charge is 0.443 e. The SMILES string of the molecule is N#Cc1oc2ccccc2c1N1CC(CO)CC1=O. The molecule has 0 bridgehead atoms.